The maximum atomic E-state index is 12.5. The highest BCUT2D eigenvalue weighted by atomic mass is 35.5. The van der Waals surface area contributed by atoms with Gasteiger partial charge in [-0.1, -0.05) is 29.3 Å². The lowest BCUT2D eigenvalue weighted by atomic mass is 9.93. The molecule has 0 radical (unpaired) electrons. The van der Waals surface area contributed by atoms with E-state index in [1.54, 1.807) is 12.1 Å². The molecule has 1 aromatic rings. The van der Waals surface area contributed by atoms with Gasteiger partial charge in [0.2, 0.25) is 5.91 Å². The second-order valence-corrected chi connectivity index (χ2v) is 6.91. The van der Waals surface area contributed by atoms with Crippen LogP contribution < -0.4 is 5.32 Å². The number of rotatable bonds is 4. The first kappa shape index (κ1) is 17.5. The zero-order valence-electron chi connectivity index (χ0n) is 13.2. The predicted octanol–water partition coefficient (Wildman–Crippen LogP) is 3.07. The molecule has 1 fully saturated rings. The minimum Gasteiger partial charge on any atom is -0.379 e. The Labute approximate surface area is 141 Å². The number of carbonyl (C=O) groups excluding carboxylic acids is 1. The fourth-order valence-corrected chi connectivity index (χ4v) is 3.25. The smallest absolute Gasteiger partial charge is 0.237 e. The van der Waals surface area contributed by atoms with Gasteiger partial charge in [-0.25, -0.2) is 0 Å². The van der Waals surface area contributed by atoms with E-state index in [9.17, 15) is 4.79 Å². The van der Waals surface area contributed by atoms with Gasteiger partial charge in [0, 0.05) is 23.1 Å². The lowest BCUT2D eigenvalue weighted by molar-refractivity contribution is -0.129. The maximum absolute atomic E-state index is 12.5. The number of ether oxygens (including phenoxy) is 1. The van der Waals surface area contributed by atoms with Crippen LogP contribution in [0.3, 0.4) is 0 Å². The fourth-order valence-electron chi connectivity index (χ4n) is 2.61. The quantitative estimate of drug-likeness (QED) is 0.912. The first-order valence-electron chi connectivity index (χ1n) is 7.40. The normalized spacial score (nSPS) is 18.0. The molecule has 6 heteroatoms. The molecule has 1 aliphatic rings. The van der Waals surface area contributed by atoms with E-state index in [2.05, 4.69) is 10.2 Å². The van der Waals surface area contributed by atoms with Crippen molar-refractivity contribution in [2.24, 2.45) is 0 Å². The average molecular weight is 345 g/mol. The Morgan fingerprint density at radius 3 is 2.55 bits per heavy atom. The molecule has 0 aromatic heterocycles. The summed E-state index contributed by atoms with van der Waals surface area (Å²) in [5, 5.41) is 4.21. The largest absolute Gasteiger partial charge is 0.379 e. The van der Waals surface area contributed by atoms with Crippen molar-refractivity contribution in [1.82, 2.24) is 10.2 Å². The van der Waals surface area contributed by atoms with Gasteiger partial charge in [0.1, 0.15) is 0 Å². The van der Waals surface area contributed by atoms with Gasteiger partial charge in [-0.15, -0.1) is 0 Å². The van der Waals surface area contributed by atoms with Gasteiger partial charge >= 0.3 is 0 Å². The van der Waals surface area contributed by atoms with Gasteiger partial charge in [0.15, 0.2) is 0 Å². The first-order valence-corrected chi connectivity index (χ1v) is 8.16. The molecular weight excluding hydrogens is 323 g/mol. The van der Waals surface area contributed by atoms with E-state index in [-0.39, 0.29) is 11.9 Å². The van der Waals surface area contributed by atoms with Crippen LogP contribution in [-0.4, -0.2) is 43.2 Å². The molecule has 1 aliphatic heterocycles. The lowest BCUT2D eigenvalue weighted by Crippen LogP contribution is -2.53. The molecular formula is C16H22Cl2N2O2. The summed E-state index contributed by atoms with van der Waals surface area (Å²) in [6, 6.07) is 5.12. The Morgan fingerprint density at radius 1 is 1.32 bits per heavy atom. The monoisotopic (exact) mass is 344 g/mol. The molecule has 1 N–H and O–H groups in total. The van der Waals surface area contributed by atoms with Crippen LogP contribution in [0, 0.1) is 0 Å². The standard InChI is InChI=1S/C16H22Cl2N2O2/c1-11(20-6-8-22-9-7-20)15(21)19-16(2,3)13-5-4-12(17)10-14(13)18/h4-5,10-11H,6-9H2,1-3H3,(H,19,21). The Balaban J connectivity index is 2.08. The van der Waals surface area contributed by atoms with Crippen molar-refractivity contribution >= 4 is 29.1 Å². The molecule has 22 heavy (non-hydrogen) atoms. The summed E-state index contributed by atoms with van der Waals surface area (Å²) in [6.45, 7) is 8.68. The van der Waals surface area contributed by atoms with Crippen molar-refractivity contribution in [3.8, 4) is 0 Å². The van der Waals surface area contributed by atoms with E-state index in [4.69, 9.17) is 27.9 Å². The third-order valence-corrected chi connectivity index (χ3v) is 4.56. The van der Waals surface area contributed by atoms with Crippen molar-refractivity contribution < 1.29 is 9.53 Å². The minimum absolute atomic E-state index is 0.0158. The molecule has 0 bridgehead atoms. The highest BCUT2D eigenvalue weighted by Crippen LogP contribution is 2.30. The molecule has 1 atom stereocenters. The van der Waals surface area contributed by atoms with E-state index < -0.39 is 5.54 Å². The molecule has 0 aliphatic carbocycles. The summed E-state index contributed by atoms with van der Waals surface area (Å²) in [6.07, 6.45) is 0. The number of morpholine rings is 1. The highest BCUT2D eigenvalue weighted by molar-refractivity contribution is 6.35. The number of nitrogens with one attached hydrogen (secondary N) is 1. The van der Waals surface area contributed by atoms with E-state index in [1.807, 2.05) is 26.8 Å². The molecule has 4 nitrogen and oxygen atoms in total. The predicted molar refractivity (Wildman–Crippen MR) is 89.5 cm³/mol. The molecule has 1 saturated heterocycles. The van der Waals surface area contributed by atoms with E-state index in [0.29, 0.717) is 23.3 Å². The Morgan fingerprint density at radius 2 is 1.95 bits per heavy atom. The SMILES string of the molecule is CC(C(=O)NC(C)(C)c1ccc(Cl)cc1Cl)N1CCOCC1. The fraction of sp³-hybridized carbons (Fsp3) is 0.562. The van der Waals surface area contributed by atoms with E-state index >= 15 is 0 Å². The summed E-state index contributed by atoms with van der Waals surface area (Å²) in [7, 11) is 0. The topological polar surface area (TPSA) is 41.6 Å². The average Bonchev–Trinajstić information content (AvgIpc) is 2.46. The van der Waals surface area contributed by atoms with Gasteiger partial charge in [0.25, 0.3) is 0 Å². The summed E-state index contributed by atoms with van der Waals surface area (Å²) < 4.78 is 5.32. The van der Waals surface area contributed by atoms with Gasteiger partial charge in [-0.2, -0.15) is 0 Å². The van der Waals surface area contributed by atoms with Crippen LogP contribution in [-0.2, 0) is 15.1 Å². The van der Waals surface area contributed by atoms with Crippen LogP contribution in [0.5, 0.6) is 0 Å². The third kappa shape index (κ3) is 4.13. The van der Waals surface area contributed by atoms with Crippen molar-refractivity contribution in [2.45, 2.75) is 32.4 Å². The van der Waals surface area contributed by atoms with E-state index in [1.165, 1.54) is 0 Å². The van der Waals surface area contributed by atoms with Gasteiger partial charge in [-0.05, 0) is 38.5 Å². The number of amides is 1. The summed E-state index contributed by atoms with van der Waals surface area (Å²) in [5.41, 5.74) is 0.278. The van der Waals surface area contributed by atoms with E-state index in [0.717, 1.165) is 18.7 Å². The number of hydrogen-bond acceptors (Lipinski definition) is 3. The van der Waals surface area contributed by atoms with Crippen molar-refractivity contribution in [1.29, 1.82) is 0 Å². The van der Waals surface area contributed by atoms with Crippen LogP contribution in [0.1, 0.15) is 26.3 Å². The van der Waals surface area contributed by atoms with Crippen LogP contribution in [0.25, 0.3) is 0 Å². The second-order valence-electron chi connectivity index (χ2n) is 6.06. The van der Waals surface area contributed by atoms with Crippen LogP contribution >= 0.6 is 23.2 Å². The summed E-state index contributed by atoms with van der Waals surface area (Å²) in [4.78, 5) is 14.7. The maximum Gasteiger partial charge on any atom is 0.237 e. The molecule has 122 valence electrons. The molecule has 1 heterocycles. The Bertz CT molecular complexity index is 543. The Kier molecular flexibility index (Phi) is 5.72. The van der Waals surface area contributed by atoms with Crippen molar-refractivity contribution in [3.63, 3.8) is 0 Å². The van der Waals surface area contributed by atoms with Gasteiger partial charge in [0.05, 0.1) is 24.8 Å². The molecule has 1 unspecified atom stereocenters. The number of benzene rings is 1. The van der Waals surface area contributed by atoms with Gasteiger partial charge < -0.3 is 10.1 Å². The van der Waals surface area contributed by atoms with Crippen molar-refractivity contribution in [3.05, 3.63) is 33.8 Å². The number of carbonyl (C=O) groups is 1. The zero-order chi connectivity index (χ0) is 16.3. The third-order valence-electron chi connectivity index (χ3n) is 4.01. The molecule has 0 spiro atoms. The number of nitrogens with zero attached hydrogens (tertiary/aromatic N) is 1. The zero-order valence-corrected chi connectivity index (χ0v) is 14.7. The molecule has 1 amide bonds. The van der Waals surface area contributed by atoms with Crippen molar-refractivity contribution in [2.75, 3.05) is 26.3 Å². The highest BCUT2D eigenvalue weighted by Gasteiger charge is 2.30. The van der Waals surface area contributed by atoms with Crippen LogP contribution in [0.4, 0.5) is 0 Å². The summed E-state index contributed by atoms with van der Waals surface area (Å²) >= 11 is 12.2. The second kappa shape index (κ2) is 7.18. The molecule has 2 rings (SSSR count). The van der Waals surface area contributed by atoms with Crippen LogP contribution in [0.2, 0.25) is 10.0 Å². The molecule has 1 aromatic carbocycles. The minimum atomic E-state index is -0.570. The molecule has 0 saturated carbocycles. The van der Waals surface area contributed by atoms with Gasteiger partial charge in [-0.3, -0.25) is 9.69 Å². The summed E-state index contributed by atoms with van der Waals surface area (Å²) in [5.74, 6) is -0.0158. The first-order chi connectivity index (χ1) is 10.3. The lowest BCUT2D eigenvalue weighted by Gasteiger charge is -2.35. The Hall–Kier alpha value is -0.810. The van der Waals surface area contributed by atoms with Crippen LogP contribution in [0.15, 0.2) is 18.2 Å². The number of hydrogen-bond donors (Lipinski definition) is 1. The number of halogens is 2.